The first-order valence-corrected chi connectivity index (χ1v) is 14.6. The van der Waals surface area contributed by atoms with Crippen molar-refractivity contribution in [3.05, 3.63) is 10.3 Å². The van der Waals surface area contributed by atoms with Crippen LogP contribution >= 0.6 is 0 Å². The monoisotopic (exact) mass is 291 g/mol. The number of rotatable bonds is 3. The van der Waals surface area contributed by atoms with Crippen LogP contribution in [0.2, 0.25) is 14.8 Å². The van der Waals surface area contributed by atoms with Gasteiger partial charge in [-0.25, -0.2) is 0 Å². The molecule has 0 fully saturated rings. The van der Waals surface area contributed by atoms with Crippen molar-refractivity contribution in [3.8, 4) is 0 Å². The Morgan fingerprint density at radius 1 is 1.31 bits per heavy atom. The number of aliphatic imine (C=N–C) groups is 1. The Morgan fingerprint density at radius 2 is 1.77 bits per heavy atom. The standard InChI is InChI=1S/C7H12NO.3CH3.Sn/c1-5-8-7(4)9-6(2)3;;;;/h6H,1H2,2-4H3;3*1H3;/b8-7+;;;;. The summed E-state index contributed by atoms with van der Waals surface area (Å²) in [5.41, 5.74) is 0. The zero-order valence-electron chi connectivity index (χ0n) is 9.64. The van der Waals surface area contributed by atoms with Crippen LogP contribution in [0.25, 0.3) is 0 Å². The molecular weight excluding hydrogens is 269 g/mol. The average molecular weight is 290 g/mol. The number of nitrogens with zero attached hydrogens (tertiary/aromatic N) is 1. The van der Waals surface area contributed by atoms with Gasteiger partial charge in [0, 0.05) is 0 Å². The van der Waals surface area contributed by atoms with E-state index in [1.165, 1.54) is 0 Å². The summed E-state index contributed by atoms with van der Waals surface area (Å²) in [7, 11) is 0. The molecule has 0 aliphatic heterocycles. The zero-order valence-corrected chi connectivity index (χ0v) is 12.5. The molecule has 13 heavy (non-hydrogen) atoms. The molecule has 76 valence electrons. The minimum absolute atomic E-state index is 0.201. The summed E-state index contributed by atoms with van der Waals surface area (Å²) >= 11 is -2.03. The van der Waals surface area contributed by atoms with Gasteiger partial charge in [-0.3, -0.25) is 0 Å². The van der Waals surface area contributed by atoms with E-state index in [9.17, 15) is 0 Å². The van der Waals surface area contributed by atoms with Crippen LogP contribution < -0.4 is 0 Å². The molecule has 0 saturated carbocycles. The quantitative estimate of drug-likeness (QED) is 0.444. The zero-order chi connectivity index (χ0) is 10.6. The van der Waals surface area contributed by atoms with Gasteiger partial charge in [-0.1, -0.05) is 0 Å². The molecule has 0 spiro atoms. The van der Waals surface area contributed by atoms with Gasteiger partial charge >= 0.3 is 86.0 Å². The van der Waals surface area contributed by atoms with Crippen molar-refractivity contribution in [2.24, 2.45) is 4.99 Å². The van der Waals surface area contributed by atoms with Crippen molar-refractivity contribution >= 4 is 24.3 Å². The van der Waals surface area contributed by atoms with Crippen molar-refractivity contribution in [1.29, 1.82) is 0 Å². The second-order valence-corrected chi connectivity index (χ2v) is 19.0. The first kappa shape index (κ1) is 13.0. The van der Waals surface area contributed by atoms with E-state index in [1.807, 2.05) is 20.8 Å². The van der Waals surface area contributed by atoms with E-state index in [2.05, 4.69) is 26.4 Å². The fourth-order valence-corrected chi connectivity index (χ4v) is 2.13. The summed E-state index contributed by atoms with van der Waals surface area (Å²) in [6, 6.07) is 0. The Labute approximate surface area is 86.0 Å². The molecule has 0 aliphatic rings. The molecular formula is C10H21NOSn. The van der Waals surface area contributed by atoms with Gasteiger partial charge in [0.05, 0.1) is 0 Å². The van der Waals surface area contributed by atoms with Gasteiger partial charge in [0.1, 0.15) is 0 Å². The van der Waals surface area contributed by atoms with Gasteiger partial charge in [-0.15, -0.1) is 0 Å². The van der Waals surface area contributed by atoms with Crippen LogP contribution in [-0.4, -0.2) is 30.4 Å². The molecule has 0 unspecified atom stereocenters. The second kappa shape index (κ2) is 5.03. The average Bonchev–Trinajstić information content (AvgIpc) is 1.82. The van der Waals surface area contributed by atoms with Gasteiger partial charge in [0.15, 0.2) is 0 Å². The van der Waals surface area contributed by atoms with Crippen LogP contribution in [0.1, 0.15) is 20.8 Å². The Kier molecular flexibility index (Phi) is 5.03. The fraction of sp³-hybridized carbons (Fsp3) is 0.700. The topological polar surface area (TPSA) is 21.6 Å². The Bertz CT molecular complexity index is 213. The van der Waals surface area contributed by atoms with Gasteiger partial charge < -0.3 is 0 Å². The van der Waals surface area contributed by atoms with E-state index in [1.54, 1.807) is 0 Å². The molecule has 0 aromatic heterocycles. The molecule has 0 amide bonds. The second-order valence-electron chi connectivity index (χ2n) is 4.49. The normalized spacial score (nSPS) is 13.3. The van der Waals surface area contributed by atoms with Crippen LogP contribution in [-0.2, 0) is 4.74 Å². The maximum atomic E-state index is 5.44. The van der Waals surface area contributed by atoms with Crippen LogP contribution in [0.5, 0.6) is 0 Å². The summed E-state index contributed by atoms with van der Waals surface area (Å²) in [6.45, 7) is 9.89. The molecule has 0 rings (SSSR count). The van der Waals surface area contributed by atoms with Crippen LogP contribution in [0.15, 0.2) is 15.3 Å². The summed E-state index contributed by atoms with van der Waals surface area (Å²) in [5.74, 6) is 0.742. The van der Waals surface area contributed by atoms with Crippen molar-refractivity contribution in [2.75, 3.05) is 0 Å². The summed E-state index contributed by atoms with van der Waals surface area (Å²) in [6.07, 6.45) is 0.201. The van der Waals surface area contributed by atoms with Crippen molar-refractivity contribution in [3.63, 3.8) is 0 Å². The third-order valence-corrected chi connectivity index (χ3v) is 6.83. The van der Waals surface area contributed by atoms with E-state index in [4.69, 9.17) is 4.74 Å². The molecule has 0 heterocycles. The molecule has 0 bridgehead atoms. The maximum absolute atomic E-state index is 5.44. The minimum atomic E-state index is -2.03. The van der Waals surface area contributed by atoms with E-state index >= 15 is 0 Å². The summed E-state index contributed by atoms with van der Waals surface area (Å²) < 4.78 is 6.50. The van der Waals surface area contributed by atoms with Crippen molar-refractivity contribution in [2.45, 2.75) is 41.7 Å². The Balaban J connectivity index is 4.32. The van der Waals surface area contributed by atoms with Crippen LogP contribution in [0.3, 0.4) is 0 Å². The van der Waals surface area contributed by atoms with Gasteiger partial charge in [0.25, 0.3) is 0 Å². The Hall–Kier alpha value is 0.00870. The van der Waals surface area contributed by atoms with Crippen molar-refractivity contribution < 1.29 is 4.74 Å². The molecule has 3 heteroatoms. The molecule has 0 saturated heterocycles. The first-order chi connectivity index (χ1) is 5.73. The van der Waals surface area contributed by atoms with Crippen molar-refractivity contribution in [1.82, 2.24) is 0 Å². The first-order valence-electron chi connectivity index (χ1n) is 4.65. The van der Waals surface area contributed by atoms with E-state index < -0.39 is 18.4 Å². The summed E-state index contributed by atoms with van der Waals surface area (Å²) in [4.78, 5) is 11.3. The van der Waals surface area contributed by atoms with Gasteiger partial charge in [-0.2, -0.15) is 0 Å². The van der Waals surface area contributed by atoms with E-state index in [0.717, 1.165) is 9.61 Å². The molecule has 0 aliphatic carbocycles. The molecule has 0 aromatic carbocycles. The number of hydrogen-bond acceptors (Lipinski definition) is 2. The van der Waals surface area contributed by atoms with Crippen LogP contribution in [0, 0.1) is 0 Å². The number of ether oxygens (including phenoxy) is 1. The Morgan fingerprint density at radius 3 is 2.08 bits per heavy atom. The molecule has 0 N–H and O–H groups in total. The van der Waals surface area contributed by atoms with E-state index in [-0.39, 0.29) is 6.10 Å². The fourth-order valence-electron chi connectivity index (χ4n) is 0.725. The molecule has 0 radical (unpaired) electrons. The number of hydrogen-bond donors (Lipinski definition) is 0. The summed E-state index contributed by atoms with van der Waals surface area (Å²) in [5, 5.41) is 0. The third kappa shape index (κ3) is 6.13. The molecule has 2 nitrogen and oxygen atoms in total. The SMILES string of the molecule is C=[C](/N=C(\C)OC(C)C)[Sn]([CH3])([CH3])[CH3]. The predicted molar refractivity (Wildman–Crippen MR) is 61.8 cm³/mol. The predicted octanol–water partition coefficient (Wildman–Crippen LogP) is 3.22. The molecule has 0 aromatic rings. The van der Waals surface area contributed by atoms with Crippen LogP contribution in [0.4, 0.5) is 0 Å². The van der Waals surface area contributed by atoms with E-state index in [0.29, 0.717) is 0 Å². The van der Waals surface area contributed by atoms with Gasteiger partial charge in [-0.05, 0) is 0 Å². The third-order valence-electron chi connectivity index (χ3n) is 1.56. The van der Waals surface area contributed by atoms with Gasteiger partial charge in [0.2, 0.25) is 0 Å². The molecule has 0 atom stereocenters.